The summed E-state index contributed by atoms with van der Waals surface area (Å²) in [6.45, 7) is 6.11. The van der Waals surface area contributed by atoms with Crippen molar-refractivity contribution in [3.63, 3.8) is 0 Å². The Morgan fingerprint density at radius 3 is 2.46 bits per heavy atom. The minimum absolute atomic E-state index is 0.146. The third-order valence-electron chi connectivity index (χ3n) is 5.20. The van der Waals surface area contributed by atoms with Crippen LogP contribution in [0.1, 0.15) is 54.5 Å². The van der Waals surface area contributed by atoms with Gasteiger partial charge >= 0.3 is 5.97 Å². The number of carbonyl (C=O) groups is 2. The monoisotopic (exact) mass is 400 g/mol. The lowest BCUT2D eigenvalue weighted by Gasteiger charge is -2.35. The number of aryl methyl sites for hydroxylation is 2. The number of thiazole rings is 1. The quantitative estimate of drug-likeness (QED) is 0.732. The lowest BCUT2D eigenvalue weighted by atomic mass is 9.81. The lowest BCUT2D eigenvalue weighted by molar-refractivity contribution is -0.155. The average molecular weight is 401 g/mol. The zero-order valence-electron chi connectivity index (χ0n) is 16.8. The molecule has 150 valence electrons. The highest BCUT2D eigenvalue weighted by atomic mass is 32.1. The summed E-state index contributed by atoms with van der Waals surface area (Å²) in [5.74, 6) is -0.450. The number of nitrogens with one attached hydrogen (secondary N) is 1. The van der Waals surface area contributed by atoms with Crippen molar-refractivity contribution in [2.75, 3.05) is 6.61 Å². The molecule has 28 heavy (non-hydrogen) atoms. The summed E-state index contributed by atoms with van der Waals surface area (Å²) in [6.07, 6.45) is 4.44. The molecule has 1 heterocycles. The van der Waals surface area contributed by atoms with E-state index in [0.29, 0.717) is 19.4 Å². The first-order valence-corrected chi connectivity index (χ1v) is 10.8. The number of benzene rings is 1. The Balaban J connectivity index is 1.79. The zero-order valence-corrected chi connectivity index (χ0v) is 17.7. The van der Waals surface area contributed by atoms with Gasteiger partial charge in [0.25, 0.3) is 0 Å². The second kappa shape index (κ2) is 8.86. The molecule has 1 amide bonds. The number of esters is 1. The van der Waals surface area contributed by atoms with E-state index in [1.54, 1.807) is 6.92 Å². The van der Waals surface area contributed by atoms with Gasteiger partial charge < -0.3 is 10.1 Å². The summed E-state index contributed by atoms with van der Waals surface area (Å²) in [4.78, 5) is 31.1. The van der Waals surface area contributed by atoms with Gasteiger partial charge in [-0.3, -0.25) is 4.79 Å². The molecular weight excluding hydrogens is 372 g/mol. The molecule has 1 fully saturated rings. The molecule has 1 saturated carbocycles. The Kier molecular flexibility index (Phi) is 6.50. The van der Waals surface area contributed by atoms with Crippen LogP contribution in [-0.2, 0) is 20.7 Å². The maximum absolute atomic E-state index is 12.9. The fourth-order valence-corrected chi connectivity index (χ4v) is 4.74. The summed E-state index contributed by atoms with van der Waals surface area (Å²) in [5, 5.41) is 3.95. The van der Waals surface area contributed by atoms with E-state index in [-0.39, 0.29) is 18.3 Å². The Hall–Kier alpha value is -2.21. The van der Waals surface area contributed by atoms with Gasteiger partial charge in [0, 0.05) is 10.4 Å². The summed E-state index contributed by atoms with van der Waals surface area (Å²) in [6, 6.07) is 8.16. The van der Waals surface area contributed by atoms with E-state index in [2.05, 4.69) is 10.3 Å². The van der Waals surface area contributed by atoms with Crippen LogP contribution in [-0.4, -0.2) is 29.0 Å². The van der Waals surface area contributed by atoms with E-state index >= 15 is 0 Å². The molecule has 1 aromatic heterocycles. The predicted molar refractivity (Wildman–Crippen MR) is 111 cm³/mol. The molecule has 0 aliphatic heterocycles. The molecule has 1 N–H and O–H groups in total. The molecule has 3 rings (SSSR count). The number of carbonyl (C=O) groups excluding carboxylic acids is 2. The smallest absolute Gasteiger partial charge is 0.331 e. The number of amides is 1. The molecule has 6 heteroatoms. The molecule has 0 radical (unpaired) electrons. The van der Waals surface area contributed by atoms with Crippen LogP contribution in [0.2, 0.25) is 0 Å². The zero-order chi connectivity index (χ0) is 20.1. The van der Waals surface area contributed by atoms with E-state index in [9.17, 15) is 9.59 Å². The first-order valence-electron chi connectivity index (χ1n) is 9.95. The van der Waals surface area contributed by atoms with Gasteiger partial charge in [0.1, 0.15) is 5.54 Å². The Bertz CT molecular complexity index is 836. The molecule has 1 aliphatic carbocycles. The third-order valence-corrected chi connectivity index (χ3v) is 6.17. The van der Waals surface area contributed by atoms with Crippen LogP contribution in [0.25, 0.3) is 11.3 Å². The topological polar surface area (TPSA) is 68.3 Å². The fraction of sp³-hybridized carbons (Fsp3) is 0.500. The van der Waals surface area contributed by atoms with Crippen molar-refractivity contribution < 1.29 is 14.3 Å². The normalized spacial score (nSPS) is 15.8. The number of hydrogen-bond donors (Lipinski definition) is 1. The second-order valence-electron chi connectivity index (χ2n) is 7.46. The molecular formula is C22H28N2O3S. The Morgan fingerprint density at radius 2 is 1.82 bits per heavy atom. The number of hydrogen-bond acceptors (Lipinski definition) is 5. The number of aromatic nitrogens is 1. The van der Waals surface area contributed by atoms with Gasteiger partial charge in [0.15, 0.2) is 0 Å². The standard InChI is InChI=1S/C22H28N2O3S/c1-4-27-21(26)22(12-6-5-7-13-22)24-19(25)14-18-20(23-16(3)28-18)17-10-8-15(2)9-11-17/h8-11H,4-7,12-14H2,1-3H3,(H,24,25). The van der Waals surface area contributed by atoms with Gasteiger partial charge in [0.05, 0.1) is 23.7 Å². The minimum atomic E-state index is -0.880. The molecule has 0 unspecified atom stereocenters. The Labute approximate surface area is 170 Å². The average Bonchev–Trinajstić information content (AvgIpc) is 3.03. The van der Waals surface area contributed by atoms with Crippen molar-refractivity contribution in [3.8, 4) is 11.3 Å². The van der Waals surface area contributed by atoms with Gasteiger partial charge in [-0.05, 0) is 33.6 Å². The van der Waals surface area contributed by atoms with Crippen molar-refractivity contribution >= 4 is 23.2 Å². The van der Waals surface area contributed by atoms with Gasteiger partial charge in [-0.1, -0.05) is 49.1 Å². The lowest BCUT2D eigenvalue weighted by Crippen LogP contribution is -2.56. The van der Waals surface area contributed by atoms with Gasteiger partial charge in [0.2, 0.25) is 5.91 Å². The second-order valence-corrected chi connectivity index (χ2v) is 8.75. The van der Waals surface area contributed by atoms with Crippen LogP contribution >= 0.6 is 11.3 Å². The molecule has 1 aromatic carbocycles. The third kappa shape index (κ3) is 4.61. The highest BCUT2D eigenvalue weighted by Crippen LogP contribution is 2.31. The minimum Gasteiger partial charge on any atom is -0.464 e. The number of rotatable bonds is 6. The van der Waals surface area contributed by atoms with E-state index in [1.165, 1.54) is 16.9 Å². The predicted octanol–water partition coefficient (Wildman–Crippen LogP) is 4.35. The first-order chi connectivity index (χ1) is 13.4. The summed E-state index contributed by atoms with van der Waals surface area (Å²) in [7, 11) is 0. The van der Waals surface area contributed by atoms with Gasteiger partial charge in [-0.25, -0.2) is 9.78 Å². The molecule has 2 aromatic rings. The molecule has 0 saturated heterocycles. The van der Waals surface area contributed by atoms with E-state index in [4.69, 9.17) is 4.74 Å². The SMILES string of the molecule is CCOC(=O)C1(NC(=O)Cc2sc(C)nc2-c2ccc(C)cc2)CCCCC1. The molecule has 5 nitrogen and oxygen atoms in total. The molecule has 0 atom stereocenters. The summed E-state index contributed by atoms with van der Waals surface area (Å²) in [5.41, 5.74) is 2.17. The van der Waals surface area contributed by atoms with E-state index < -0.39 is 5.54 Å². The van der Waals surface area contributed by atoms with Crippen LogP contribution < -0.4 is 5.32 Å². The van der Waals surface area contributed by atoms with Crippen LogP contribution in [0.15, 0.2) is 24.3 Å². The van der Waals surface area contributed by atoms with Crippen molar-refractivity contribution in [2.24, 2.45) is 0 Å². The number of ether oxygens (including phenoxy) is 1. The summed E-state index contributed by atoms with van der Waals surface area (Å²) < 4.78 is 5.28. The van der Waals surface area contributed by atoms with Crippen molar-refractivity contribution in [1.29, 1.82) is 0 Å². The first kappa shape index (κ1) is 20.5. The maximum Gasteiger partial charge on any atom is 0.331 e. The molecule has 0 spiro atoms. The highest BCUT2D eigenvalue weighted by Gasteiger charge is 2.42. The van der Waals surface area contributed by atoms with Crippen LogP contribution in [0.3, 0.4) is 0 Å². The van der Waals surface area contributed by atoms with Crippen molar-refractivity contribution in [3.05, 3.63) is 39.7 Å². The highest BCUT2D eigenvalue weighted by molar-refractivity contribution is 7.12. The van der Waals surface area contributed by atoms with Gasteiger partial charge in [-0.15, -0.1) is 11.3 Å². The Morgan fingerprint density at radius 1 is 1.14 bits per heavy atom. The number of nitrogens with zero attached hydrogens (tertiary/aromatic N) is 1. The maximum atomic E-state index is 12.9. The fourth-order valence-electron chi connectivity index (χ4n) is 3.79. The van der Waals surface area contributed by atoms with Crippen LogP contribution in [0, 0.1) is 13.8 Å². The summed E-state index contributed by atoms with van der Waals surface area (Å²) >= 11 is 1.53. The molecule has 0 bridgehead atoms. The van der Waals surface area contributed by atoms with Crippen molar-refractivity contribution in [2.45, 2.75) is 64.8 Å². The largest absolute Gasteiger partial charge is 0.464 e. The van der Waals surface area contributed by atoms with Crippen LogP contribution in [0.5, 0.6) is 0 Å². The molecule has 1 aliphatic rings. The van der Waals surface area contributed by atoms with E-state index in [1.807, 2.05) is 38.1 Å². The van der Waals surface area contributed by atoms with Gasteiger partial charge in [-0.2, -0.15) is 0 Å². The van der Waals surface area contributed by atoms with Crippen molar-refractivity contribution in [1.82, 2.24) is 10.3 Å². The van der Waals surface area contributed by atoms with E-state index in [0.717, 1.165) is 40.4 Å². The van der Waals surface area contributed by atoms with Crippen LogP contribution in [0.4, 0.5) is 0 Å².